The lowest BCUT2D eigenvalue weighted by Gasteiger charge is -2.12. The molecule has 0 unspecified atom stereocenters. The van der Waals surface area contributed by atoms with Crippen LogP contribution in [0.1, 0.15) is 16.7 Å². The van der Waals surface area contributed by atoms with Crippen LogP contribution in [0, 0.1) is 0 Å². The molecule has 0 aliphatic carbocycles. The van der Waals surface area contributed by atoms with Crippen LogP contribution in [-0.2, 0) is 0 Å². The fraction of sp³-hybridized carbons (Fsp3) is 0. The average Bonchev–Trinajstić information content (AvgIpc) is 3.02. The minimum absolute atomic E-state index is 1.09. The summed E-state index contributed by atoms with van der Waals surface area (Å²) in [6, 6.07) is 56.1. The lowest BCUT2D eigenvalue weighted by molar-refractivity contribution is 1.53. The van der Waals surface area contributed by atoms with Gasteiger partial charge in [-0.2, -0.15) is 0 Å². The Labute approximate surface area is 239 Å². The third-order valence-electron chi connectivity index (χ3n) is 7.01. The van der Waals surface area contributed by atoms with E-state index in [1.165, 1.54) is 55.6 Å². The van der Waals surface area contributed by atoms with Gasteiger partial charge in [0, 0.05) is 4.47 Å². The van der Waals surface area contributed by atoms with Crippen molar-refractivity contribution in [3.05, 3.63) is 179 Å². The van der Waals surface area contributed by atoms with Crippen LogP contribution >= 0.6 is 15.9 Å². The van der Waals surface area contributed by atoms with Gasteiger partial charge in [0.15, 0.2) is 0 Å². The van der Waals surface area contributed by atoms with Crippen LogP contribution in [-0.4, -0.2) is 0 Å². The zero-order chi connectivity index (χ0) is 26.4. The SMILES string of the molecule is Brc1ccc(-c2ccc(/C(=C\c3ccc(-c4ccccc4)cc3)c3ccc(-c4ccccc4)cc3)cc2)cc1. The molecule has 0 N–H and O–H groups in total. The maximum atomic E-state index is 3.54. The van der Waals surface area contributed by atoms with Gasteiger partial charge in [0.25, 0.3) is 0 Å². The Bertz CT molecular complexity index is 1680. The smallest absolute Gasteiger partial charge is 0.0175 e. The molecule has 0 atom stereocenters. The van der Waals surface area contributed by atoms with Crippen LogP contribution in [0.4, 0.5) is 0 Å². The maximum Gasteiger partial charge on any atom is 0.0175 e. The molecule has 6 rings (SSSR count). The van der Waals surface area contributed by atoms with Crippen molar-refractivity contribution < 1.29 is 0 Å². The van der Waals surface area contributed by atoms with Gasteiger partial charge in [0.1, 0.15) is 0 Å². The van der Waals surface area contributed by atoms with Crippen molar-refractivity contribution in [3.63, 3.8) is 0 Å². The van der Waals surface area contributed by atoms with Gasteiger partial charge in [0.2, 0.25) is 0 Å². The summed E-state index contributed by atoms with van der Waals surface area (Å²) in [5.74, 6) is 0. The highest BCUT2D eigenvalue weighted by atomic mass is 79.9. The van der Waals surface area contributed by atoms with E-state index < -0.39 is 0 Å². The van der Waals surface area contributed by atoms with Crippen molar-refractivity contribution in [1.29, 1.82) is 0 Å². The highest BCUT2D eigenvalue weighted by molar-refractivity contribution is 9.10. The van der Waals surface area contributed by atoms with Crippen molar-refractivity contribution >= 4 is 27.6 Å². The van der Waals surface area contributed by atoms with Crippen molar-refractivity contribution in [2.45, 2.75) is 0 Å². The number of halogens is 1. The molecule has 6 aromatic rings. The molecule has 0 amide bonds. The molecule has 0 radical (unpaired) electrons. The molecule has 0 saturated carbocycles. The number of rotatable bonds is 6. The van der Waals surface area contributed by atoms with Gasteiger partial charge < -0.3 is 0 Å². The van der Waals surface area contributed by atoms with E-state index in [0.717, 1.165) is 4.47 Å². The van der Waals surface area contributed by atoms with E-state index in [1.54, 1.807) is 0 Å². The van der Waals surface area contributed by atoms with E-state index in [0.29, 0.717) is 0 Å². The van der Waals surface area contributed by atoms with Gasteiger partial charge in [-0.15, -0.1) is 0 Å². The first-order valence-corrected chi connectivity index (χ1v) is 13.9. The van der Waals surface area contributed by atoms with E-state index in [-0.39, 0.29) is 0 Å². The van der Waals surface area contributed by atoms with Gasteiger partial charge >= 0.3 is 0 Å². The molecule has 0 spiro atoms. The van der Waals surface area contributed by atoms with Crippen molar-refractivity contribution in [2.75, 3.05) is 0 Å². The number of hydrogen-bond donors (Lipinski definition) is 0. The predicted octanol–water partition coefficient (Wildman–Crippen LogP) is 11.0. The second-order valence-electron chi connectivity index (χ2n) is 9.57. The second-order valence-corrected chi connectivity index (χ2v) is 10.5. The van der Waals surface area contributed by atoms with Crippen molar-refractivity contribution in [2.24, 2.45) is 0 Å². The Morgan fingerprint density at radius 2 is 0.692 bits per heavy atom. The Balaban J connectivity index is 1.37. The molecular formula is C38H27Br. The normalized spacial score (nSPS) is 11.4. The fourth-order valence-electron chi connectivity index (χ4n) is 4.86. The molecule has 0 fully saturated rings. The Kier molecular flexibility index (Phi) is 7.34. The maximum absolute atomic E-state index is 3.54. The highest BCUT2D eigenvalue weighted by Gasteiger charge is 2.08. The Hall–Kier alpha value is -4.46. The topological polar surface area (TPSA) is 0 Å². The first-order chi connectivity index (χ1) is 19.2. The summed E-state index contributed by atoms with van der Waals surface area (Å²) < 4.78 is 1.09. The van der Waals surface area contributed by atoms with E-state index in [4.69, 9.17) is 0 Å². The second kappa shape index (κ2) is 11.5. The van der Waals surface area contributed by atoms with E-state index in [2.05, 4.69) is 180 Å². The summed E-state index contributed by atoms with van der Waals surface area (Å²) in [6.45, 7) is 0. The van der Waals surface area contributed by atoms with E-state index in [9.17, 15) is 0 Å². The van der Waals surface area contributed by atoms with Gasteiger partial charge in [-0.3, -0.25) is 0 Å². The summed E-state index contributed by atoms with van der Waals surface area (Å²) in [5.41, 5.74) is 12.1. The highest BCUT2D eigenvalue weighted by Crippen LogP contribution is 2.31. The number of benzene rings is 6. The molecule has 0 saturated heterocycles. The van der Waals surface area contributed by atoms with Gasteiger partial charge in [-0.25, -0.2) is 0 Å². The molecule has 0 heterocycles. The lowest BCUT2D eigenvalue weighted by Crippen LogP contribution is -1.90. The first kappa shape index (κ1) is 24.9. The van der Waals surface area contributed by atoms with Crippen LogP contribution in [0.5, 0.6) is 0 Å². The van der Waals surface area contributed by atoms with Crippen LogP contribution in [0.2, 0.25) is 0 Å². The molecule has 0 aliphatic heterocycles. The molecule has 0 nitrogen and oxygen atoms in total. The Morgan fingerprint density at radius 3 is 1.10 bits per heavy atom. The largest absolute Gasteiger partial charge is 0.0622 e. The summed E-state index contributed by atoms with van der Waals surface area (Å²) in [7, 11) is 0. The third-order valence-corrected chi connectivity index (χ3v) is 7.53. The average molecular weight is 564 g/mol. The molecule has 39 heavy (non-hydrogen) atoms. The van der Waals surface area contributed by atoms with E-state index in [1.807, 2.05) is 0 Å². The van der Waals surface area contributed by atoms with E-state index >= 15 is 0 Å². The molecule has 6 aromatic carbocycles. The van der Waals surface area contributed by atoms with Crippen molar-refractivity contribution in [1.82, 2.24) is 0 Å². The standard InChI is InChI=1S/C38H27Br/c39-37-25-23-34(24-26-37)33-17-21-36(22-18-33)38(35-19-15-32(16-20-35)30-9-5-2-6-10-30)27-28-11-13-31(14-12-28)29-7-3-1-4-8-29/h1-27H/b38-27-. The molecule has 0 bridgehead atoms. The zero-order valence-electron chi connectivity index (χ0n) is 21.5. The quantitative estimate of drug-likeness (QED) is 0.177. The Morgan fingerprint density at radius 1 is 0.359 bits per heavy atom. The molecule has 1 heteroatoms. The summed E-state index contributed by atoms with van der Waals surface area (Å²) in [6.07, 6.45) is 2.29. The van der Waals surface area contributed by atoms with Gasteiger partial charge in [-0.05, 0) is 73.9 Å². The minimum atomic E-state index is 1.09. The van der Waals surface area contributed by atoms with Gasteiger partial charge in [0.05, 0.1) is 0 Å². The lowest BCUT2D eigenvalue weighted by atomic mass is 9.92. The molecule has 186 valence electrons. The van der Waals surface area contributed by atoms with Crippen LogP contribution in [0.3, 0.4) is 0 Å². The monoisotopic (exact) mass is 562 g/mol. The van der Waals surface area contributed by atoms with Gasteiger partial charge in [-0.1, -0.05) is 162 Å². The molecule has 0 aliphatic rings. The fourth-order valence-corrected chi connectivity index (χ4v) is 5.12. The van der Waals surface area contributed by atoms with Crippen LogP contribution in [0.15, 0.2) is 162 Å². The summed E-state index contributed by atoms with van der Waals surface area (Å²) >= 11 is 3.54. The minimum Gasteiger partial charge on any atom is -0.0622 e. The van der Waals surface area contributed by atoms with Crippen LogP contribution < -0.4 is 0 Å². The number of hydrogen-bond acceptors (Lipinski definition) is 0. The molecule has 0 aromatic heterocycles. The predicted molar refractivity (Wildman–Crippen MR) is 170 cm³/mol. The van der Waals surface area contributed by atoms with Crippen molar-refractivity contribution in [3.8, 4) is 33.4 Å². The summed E-state index contributed by atoms with van der Waals surface area (Å²) in [4.78, 5) is 0. The zero-order valence-corrected chi connectivity index (χ0v) is 23.1. The molecular weight excluding hydrogens is 536 g/mol. The van der Waals surface area contributed by atoms with Crippen LogP contribution in [0.25, 0.3) is 45.0 Å². The summed E-state index contributed by atoms with van der Waals surface area (Å²) in [5, 5.41) is 0. The first-order valence-electron chi connectivity index (χ1n) is 13.1. The third kappa shape index (κ3) is 5.85.